The summed E-state index contributed by atoms with van der Waals surface area (Å²) in [4.78, 5) is 8.30. The van der Waals surface area contributed by atoms with Gasteiger partial charge in [0, 0.05) is 5.56 Å². The van der Waals surface area contributed by atoms with E-state index in [-0.39, 0.29) is 6.61 Å². The van der Waals surface area contributed by atoms with E-state index in [1.807, 2.05) is 35.7 Å². The first-order chi connectivity index (χ1) is 8.88. The van der Waals surface area contributed by atoms with Gasteiger partial charge in [-0.2, -0.15) is 0 Å². The van der Waals surface area contributed by atoms with Crippen molar-refractivity contribution < 1.29 is 9.84 Å². The standard InChI is InChI=1S/C13H10N2O2S/c16-7-9-3-1-2-4-11(9)17-13-12-10(5-6-18-12)14-8-15-13/h1-6,8,16H,7H2. The quantitative estimate of drug-likeness (QED) is 0.784. The lowest BCUT2D eigenvalue weighted by Crippen LogP contribution is -1.93. The summed E-state index contributed by atoms with van der Waals surface area (Å²) in [5.41, 5.74) is 1.60. The van der Waals surface area contributed by atoms with Crippen molar-refractivity contribution in [1.82, 2.24) is 9.97 Å². The molecule has 1 N–H and O–H groups in total. The van der Waals surface area contributed by atoms with Gasteiger partial charge in [0.05, 0.1) is 12.1 Å². The molecule has 2 heterocycles. The predicted molar refractivity (Wildman–Crippen MR) is 69.9 cm³/mol. The summed E-state index contributed by atoms with van der Waals surface area (Å²) < 4.78 is 6.68. The van der Waals surface area contributed by atoms with Gasteiger partial charge in [-0.05, 0) is 17.5 Å². The Hall–Kier alpha value is -1.98. The van der Waals surface area contributed by atoms with E-state index in [0.29, 0.717) is 11.6 Å². The molecule has 4 nitrogen and oxygen atoms in total. The van der Waals surface area contributed by atoms with Crippen LogP contribution in [0.15, 0.2) is 42.0 Å². The number of rotatable bonds is 3. The van der Waals surface area contributed by atoms with Crippen molar-refractivity contribution in [3.63, 3.8) is 0 Å². The SMILES string of the molecule is OCc1ccccc1Oc1ncnc2ccsc12. The third-order valence-corrected chi connectivity index (χ3v) is 3.45. The van der Waals surface area contributed by atoms with Gasteiger partial charge in [0.15, 0.2) is 0 Å². The van der Waals surface area contributed by atoms with E-state index < -0.39 is 0 Å². The second-order valence-corrected chi connectivity index (χ2v) is 4.60. The minimum absolute atomic E-state index is 0.0607. The van der Waals surface area contributed by atoms with Crippen molar-refractivity contribution >= 4 is 21.6 Å². The number of hydrogen-bond acceptors (Lipinski definition) is 5. The van der Waals surface area contributed by atoms with Crippen molar-refractivity contribution in [2.24, 2.45) is 0 Å². The summed E-state index contributed by atoms with van der Waals surface area (Å²) in [6.45, 7) is -0.0607. The van der Waals surface area contributed by atoms with Gasteiger partial charge in [0.25, 0.3) is 0 Å². The molecule has 1 aromatic carbocycles. The third kappa shape index (κ3) is 1.94. The van der Waals surface area contributed by atoms with Gasteiger partial charge >= 0.3 is 0 Å². The summed E-state index contributed by atoms with van der Waals surface area (Å²) in [7, 11) is 0. The van der Waals surface area contributed by atoms with Crippen LogP contribution >= 0.6 is 11.3 Å². The molecule has 0 unspecified atom stereocenters. The van der Waals surface area contributed by atoms with Gasteiger partial charge in [0.2, 0.25) is 5.88 Å². The molecule has 5 heteroatoms. The van der Waals surface area contributed by atoms with Gasteiger partial charge in [-0.15, -0.1) is 11.3 Å². The van der Waals surface area contributed by atoms with E-state index in [1.165, 1.54) is 17.7 Å². The molecular weight excluding hydrogens is 248 g/mol. The molecule has 0 amide bonds. The van der Waals surface area contributed by atoms with Crippen LogP contribution < -0.4 is 4.74 Å². The highest BCUT2D eigenvalue weighted by atomic mass is 32.1. The first-order valence-corrected chi connectivity index (χ1v) is 6.31. The van der Waals surface area contributed by atoms with Gasteiger partial charge in [-0.3, -0.25) is 0 Å². The molecule has 0 aliphatic carbocycles. The second-order valence-electron chi connectivity index (χ2n) is 3.68. The summed E-state index contributed by atoms with van der Waals surface area (Å²) >= 11 is 1.53. The molecule has 3 aromatic rings. The molecule has 2 aromatic heterocycles. The van der Waals surface area contributed by atoms with E-state index in [2.05, 4.69) is 9.97 Å². The summed E-state index contributed by atoms with van der Waals surface area (Å²) in [5, 5.41) is 11.2. The Labute approximate surface area is 108 Å². The van der Waals surface area contributed by atoms with Gasteiger partial charge in [-0.25, -0.2) is 9.97 Å². The molecular formula is C13H10N2O2S. The predicted octanol–water partition coefficient (Wildman–Crippen LogP) is 2.98. The average Bonchev–Trinajstić information content (AvgIpc) is 2.89. The van der Waals surface area contributed by atoms with Crippen molar-refractivity contribution in [1.29, 1.82) is 0 Å². The third-order valence-electron chi connectivity index (χ3n) is 2.56. The molecule has 0 saturated carbocycles. The Balaban J connectivity index is 2.04. The lowest BCUT2D eigenvalue weighted by atomic mass is 10.2. The van der Waals surface area contributed by atoms with Crippen LogP contribution in [0.4, 0.5) is 0 Å². The number of benzene rings is 1. The zero-order valence-electron chi connectivity index (χ0n) is 9.41. The Morgan fingerprint density at radius 1 is 1.17 bits per heavy atom. The molecule has 90 valence electrons. The first kappa shape index (κ1) is 11.1. The Kier molecular flexibility index (Phi) is 2.92. The fraction of sp³-hybridized carbons (Fsp3) is 0.0769. The van der Waals surface area contributed by atoms with Crippen LogP contribution in [0.1, 0.15) is 5.56 Å². The number of ether oxygens (including phenoxy) is 1. The zero-order chi connectivity index (χ0) is 12.4. The lowest BCUT2D eigenvalue weighted by Gasteiger charge is -2.08. The number of aliphatic hydroxyl groups excluding tert-OH is 1. The highest BCUT2D eigenvalue weighted by Gasteiger charge is 2.09. The van der Waals surface area contributed by atoms with Crippen LogP contribution in [0.25, 0.3) is 10.2 Å². The Bertz CT molecular complexity index is 681. The Morgan fingerprint density at radius 2 is 2.06 bits per heavy atom. The maximum absolute atomic E-state index is 9.26. The monoisotopic (exact) mass is 258 g/mol. The van der Waals surface area contributed by atoms with Crippen molar-refractivity contribution in [2.45, 2.75) is 6.61 Å². The molecule has 0 spiro atoms. The number of fused-ring (bicyclic) bond motifs is 1. The van der Waals surface area contributed by atoms with E-state index in [4.69, 9.17) is 4.74 Å². The van der Waals surface area contributed by atoms with Crippen LogP contribution in [0, 0.1) is 0 Å². The van der Waals surface area contributed by atoms with Crippen molar-refractivity contribution in [3.05, 3.63) is 47.6 Å². The molecule has 0 saturated heterocycles. The van der Waals surface area contributed by atoms with Crippen LogP contribution in [0.5, 0.6) is 11.6 Å². The largest absolute Gasteiger partial charge is 0.437 e. The second kappa shape index (κ2) is 4.72. The van der Waals surface area contributed by atoms with Crippen LogP contribution in [-0.2, 0) is 6.61 Å². The van der Waals surface area contributed by atoms with Crippen LogP contribution in [0.3, 0.4) is 0 Å². The molecule has 0 bridgehead atoms. The number of aliphatic hydroxyl groups is 1. The smallest absolute Gasteiger partial charge is 0.240 e. The number of aromatic nitrogens is 2. The lowest BCUT2D eigenvalue weighted by molar-refractivity contribution is 0.276. The van der Waals surface area contributed by atoms with E-state index in [9.17, 15) is 5.11 Å². The minimum atomic E-state index is -0.0607. The van der Waals surface area contributed by atoms with E-state index in [1.54, 1.807) is 0 Å². The molecule has 3 rings (SSSR count). The van der Waals surface area contributed by atoms with Gasteiger partial charge in [-0.1, -0.05) is 18.2 Å². The van der Waals surface area contributed by atoms with E-state index in [0.717, 1.165) is 15.8 Å². The zero-order valence-corrected chi connectivity index (χ0v) is 10.2. The maximum Gasteiger partial charge on any atom is 0.240 e. The van der Waals surface area contributed by atoms with Crippen molar-refractivity contribution in [2.75, 3.05) is 0 Å². The van der Waals surface area contributed by atoms with E-state index >= 15 is 0 Å². The summed E-state index contributed by atoms with van der Waals surface area (Å²) in [5.74, 6) is 1.14. The average molecular weight is 258 g/mol. The number of nitrogens with zero attached hydrogens (tertiary/aromatic N) is 2. The van der Waals surface area contributed by atoms with Crippen LogP contribution in [-0.4, -0.2) is 15.1 Å². The molecule has 0 aliphatic heterocycles. The van der Waals surface area contributed by atoms with Crippen LogP contribution in [0.2, 0.25) is 0 Å². The fourth-order valence-corrected chi connectivity index (χ4v) is 2.45. The number of para-hydroxylation sites is 1. The molecule has 18 heavy (non-hydrogen) atoms. The summed E-state index contributed by atoms with van der Waals surface area (Å²) in [6.07, 6.45) is 1.48. The molecule has 0 atom stereocenters. The highest BCUT2D eigenvalue weighted by Crippen LogP contribution is 2.31. The normalized spacial score (nSPS) is 10.7. The van der Waals surface area contributed by atoms with Gasteiger partial charge < -0.3 is 9.84 Å². The van der Waals surface area contributed by atoms with Gasteiger partial charge in [0.1, 0.15) is 16.8 Å². The highest BCUT2D eigenvalue weighted by molar-refractivity contribution is 7.17. The topological polar surface area (TPSA) is 55.2 Å². The maximum atomic E-state index is 9.26. The number of thiophene rings is 1. The molecule has 0 fully saturated rings. The minimum Gasteiger partial charge on any atom is -0.437 e. The van der Waals surface area contributed by atoms with Crippen molar-refractivity contribution in [3.8, 4) is 11.6 Å². The Morgan fingerprint density at radius 3 is 2.94 bits per heavy atom. The number of hydrogen-bond donors (Lipinski definition) is 1. The fourth-order valence-electron chi connectivity index (χ4n) is 1.68. The molecule has 0 radical (unpaired) electrons. The first-order valence-electron chi connectivity index (χ1n) is 5.43. The summed E-state index contributed by atoms with van der Waals surface area (Å²) in [6, 6.07) is 9.28. The molecule has 0 aliphatic rings.